The van der Waals surface area contributed by atoms with Crippen molar-refractivity contribution in [2.75, 3.05) is 32.1 Å². The summed E-state index contributed by atoms with van der Waals surface area (Å²) in [5.41, 5.74) is 0.997. The molecular weight excluding hydrogens is 288 g/mol. The molecule has 0 radical (unpaired) electrons. The van der Waals surface area contributed by atoms with Gasteiger partial charge < -0.3 is 9.64 Å². The minimum Gasteiger partial charge on any atom is -0.378 e. The van der Waals surface area contributed by atoms with Crippen LogP contribution < -0.4 is 4.68 Å². The predicted octanol–water partition coefficient (Wildman–Crippen LogP) is 0.637. The number of morpholine rings is 1. The number of carbonyl (C=O) groups is 1. The lowest BCUT2D eigenvalue weighted by molar-refractivity contribution is -0.694. The third kappa shape index (κ3) is 3.43. The minimum absolute atomic E-state index is 0.130. The summed E-state index contributed by atoms with van der Waals surface area (Å²) in [6, 6.07) is 9.89. The van der Waals surface area contributed by atoms with E-state index in [0.717, 1.165) is 10.8 Å². The van der Waals surface area contributed by atoms with E-state index in [9.17, 15) is 4.79 Å². The summed E-state index contributed by atoms with van der Waals surface area (Å²) in [6.45, 7) is 2.61. The van der Waals surface area contributed by atoms with E-state index in [4.69, 9.17) is 4.74 Å². The van der Waals surface area contributed by atoms with Crippen molar-refractivity contribution in [2.24, 2.45) is 0 Å². The zero-order chi connectivity index (χ0) is 14.5. The Kier molecular flexibility index (Phi) is 4.52. The number of aromatic nitrogens is 3. The van der Waals surface area contributed by atoms with Crippen LogP contribution in [0.3, 0.4) is 0 Å². The van der Waals surface area contributed by atoms with Crippen molar-refractivity contribution in [1.29, 1.82) is 0 Å². The maximum Gasteiger partial charge on any atom is 0.385 e. The van der Waals surface area contributed by atoms with Crippen LogP contribution in [0.2, 0.25) is 0 Å². The van der Waals surface area contributed by atoms with Crippen molar-refractivity contribution in [3.63, 3.8) is 0 Å². The smallest absolute Gasteiger partial charge is 0.378 e. The Morgan fingerprint density at radius 2 is 2.10 bits per heavy atom. The van der Waals surface area contributed by atoms with Gasteiger partial charge >= 0.3 is 5.16 Å². The number of hydrogen-bond acceptors (Lipinski definition) is 4. The van der Waals surface area contributed by atoms with Crippen LogP contribution in [-0.2, 0) is 9.53 Å². The summed E-state index contributed by atoms with van der Waals surface area (Å²) in [5.74, 6) is 0.517. The van der Waals surface area contributed by atoms with E-state index in [1.165, 1.54) is 11.8 Å². The number of rotatable bonds is 4. The maximum atomic E-state index is 12.1. The third-order valence-corrected chi connectivity index (χ3v) is 4.19. The highest BCUT2D eigenvalue weighted by Crippen LogP contribution is 2.13. The summed E-state index contributed by atoms with van der Waals surface area (Å²) in [5, 5.41) is 3.85. The molecule has 1 aliphatic heterocycles. The van der Waals surface area contributed by atoms with Gasteiger partial charge in [0.25, 0.3) is 0 Å². The first-order chi connectivity index (χ1) is 10.3. The molecule has 2 heterocycles. The van der Waals surface area contributed by atoms with Crippen molar-refractivity contribution in [2.45, 2.75) is 5.16 Å². The van der Waals surface area contributed by atoms with Gasteiger partial charge in [0.05, 0.1) is 19.0 Å². The first kappa shape index (κ1) is 14.1. The van der Waals surface area contributed by atoms with Crippen LogP contribution in [0.15, 0.2) is 41.8 Å². The number of hydrogen-bond donors (Lipinski definition) is 1. The van der Waals surface area contributed by atoms with Gasteiger partial charge in [-0.25, -0.2) is 0 Å². The second-order valence-corrected chi connectivity index (χ2v) is 5.57. The van der Waals surface area contributed by atoms with E-state index >= 15 is 0 Å². The summed E-state index contributed by atoms with van der Waals surface area (Å²) in [7, 11) is 0. The Labute approximate surface area is 127 Å². The number of amides is 1. The van der Waals surface area contributed by atoms with Gasteiger partial charge in [0, 0.05) is 13.1 Å². The largest absolute Gasteiger partial charge is 0.385 e. The molecule has 7 heteroatoms. The van der Waals surface area contributed by atoms with Gasteiger partial charge in [-0.15, -0.1) is 4.68 Å². The number of carbonyl (C=O) groups excluding carboxylic acids is 1. The molecule has 0 aliphatic carbocycles. The molecule has 0 unspecified atom stereocenters. The van der Waals surface area contributed by atoms with Crippen LogP contribution in [0.1, 0.15) is 0 Å². The molecule has 1 N–H and O–H groups in total. The van der Waals surface area contributed by atoms with Crippen molar-refractivity contribution >= 4 is 17.7 Å². The van der Waals surface area contributed by atoms with Crippen molar-refractivity contribution in [3.05, 3.63) is 36.7 Å². The van der Waals surface area contributed by atoms with Crippen molar-refractivity contribution in [1.82, 2.24) is 15.0 Å². The fourth-order valence-electron chi connectivity index (χ4n) is 2.15. The normalized spacial score (nSPS) is 15.1. The molecule has 2 aromatic rings. The zero-order valence-corrected chi connectivity index (χ0v) is 12.4. The number of para-hydroxylation sites is 1. The van der Waals surface area contributed by atoms with E-state index < -0.39 is 0 Å². The molecule has 1 aromatic heterocycles. The molecule has 0 atom stereocenters. The molecule has 0 spiro atoms. The lowest BCUT2D eigenvalue weighted by Crippen LogP contribution is -2.42. The molecule has 1 saturated heterocycles. The Hall–Kier alpha value is -1.86. The van der Waals surface area contributed by atoms with Gasteiger partial charge in [0.1, 0.15) is 0 Å². The molecular formula is C14H17N4O2S+. The summed E-state index contributed by atoms with van der Waals surface area (Å²) >= 11 is 1.44. The fraction of sp³-hybridized carbons (Fsp3) is 0.357. The molecule has 6 nitrogen and oxygen atoms in total. The molecule has 3 rings (SSSR count). The van der Waals surface area contributed by atoms with Gasteiger partial charge in [-0.1, -0.05) is 18.2 Å². The first-order valence-electron chi connectivity index (χ1n) is 6.84. The monoisotopic (exact) mass is 305 g/mol. The van der Waals surface area contributed by atoms with Crippen molar-refractivity contribution in [3.8, 4) is 5.69 Å². The van der Waals surface area contributed by atoms with Gasteiger partial charge in [0.2, 0.25) is 12.2 Å². The minimum atomic E-state index is 0.130. The highest BCUT2D eigenvalue weighted by Gasteiger charge is 2.22. The van der Waals surface area contributed by atoms with Gasteiger partial charge in [-0.3, -0.25) is 4.79 Å². The lowest BCUT2D eigenvalue weighted by Gasteiger charge is -2.26. The maximum absolute atomic E-state index is 12.1. The average Bonchev–Trinajstić information content (AvgIpc) is 3.03. The quantitative estimate of drug-likeness (QED) is 0.665. The summed E-state index contributed by atoms with van der Waals surface area (Å²) < 4.78 is 7.13. The summed E-state index contributed by atoms with van der Waals surface area (Å²) in [4.78, 5) is 18.3. The van der Waals surface area contributed by atoms with E-state index in [2.05, 4.69) is 10.1 Å². The topological polar surface area (TPSA) is 62.1 Å². The predicted molar refractivity (Wildman–Crippen MR) is 78.2 cm³/mol. The van der Waals surface area contributed by atoms with E-state index in [0.29, 0.717) is 32.1 Å². The van der Waals surface area contributed by atoms with Gasteiger partial charge in [0.15, 0.2) is 5.69 Å². The number of nitrogens with one attached hydrogen (secondary N) is 1. The zero-order valence-electron chi connectivity index (χ0n) is 11.6. The molecule has 0 bridgehead atoms. The highest BCUT2D eigenvalue weighted by molar-refractivity contribution is 7.99. The van der Waals surface area contributed by atoms with E-state index in [1.54, 1.807) is 6.33 Å². The number of H-pyrrole nitrogens is 1. The van der Waals surface area contributed by atoms with Gasteiger partial charge in [-0.2, -0.15) is 5.10 Å². The second kappa shape index (κ2) is 6.73. The van der Waals surface area contributed by atoms with E-state index in [-0.39, 0.29) is 5.91 Å². The molecule has 1 amide bonds. The Morgan fingerprint density at radius 3 is 2.86 bits per heavy atom. The van der Waals surface area contributed by atoms with Crippen LogP contribution >= 0.6 is 11.8 Å². The molecule has 1 aromatic carbocycles. The SMILES string of the molecule is O=C(CSc1nc[nH][n+]1-c1ccccc1)N1CCOCC1. The van der Waals surface area contributed by atoms with Crippen LogP contribution in [-0.4, -0.2) is 52.9 Å². The lowest BCUT2D eigenvalue weighted by atomic mass is 10.3. The molecule has 1 aliphatic rings. The summed E-state index contributed by atoms with van der Waals surface area (Å²) in [6.07, 6.45) is 1.63. The Bertz CT molecular complexity index is 596. The number of nitrogens with zero attached hydrogens (tertiary/aromatic N) is 3. The number of benzene rings is 1. The molecule has 0 saturated carbocycles. The number of ether oxygens (including phenoxy) is 1. The van der Waals surface area contributed by atoms with Crippen molar-refractivity contribution < 1.29 is 14.2 Å². The number of aromatic amines is 1. The average molecular weight is 305 g/mol. The van der Waals surface area contributed by atoms with Crippen LogP contribution in [0.4, 0.5) is 0 Å². The van der Waals surface area contributed by atoms with Crippen LogP contribution in [0, 0.1) is 0 Å². The second-order valence-electron chi connectivity index (χ2n) is 4.62. The standard InChI is InChI=1S/C14H16N4O2S/c19-13(17-6-8-20-9-7-17)10-21-14-15-11-16-18(14)12-4-2-1-3-5-12/h1-5,11H,6-10H2/p+1. The van der Waals surface area contributed by atoms with Crippen LogP contribution in [0.5, 0.6) is 0 Å². The Morgan fingerprint density at radius 1 is 1.33 bits per heavy atom. The van der Waals surface area contributed by atoms with Crippen LogP contribution in [0.25, 0.3) is 5.69 Å². The number of thioether (sulfide) groups is 1. The molecule has 110 valence electrons. The van der Waals surface area contributed by atoms with Gasteiger partial charge in [-0.05, 0) is 28.9 Å². The highest BCUT2D eigenvalue weighted by atomic mass is 32.2. The first-order valence-corrected chi connectivity index (χ1v) is 7.82. The van der Waals surface area contributed by atoms with E-state index in [1.807, 2.05) is 39.9 Å². The Balaban J connectivity index is 1.63. The molecule has 1 fully saturated rings. The fourth-order valence-corrected chi connectivity index (χ4v) is 3.00. The third-order valence-electron chi connectivity index (χ3n) is 3.26. The molecule has 21 heavy (non-hydrogen) atoms.